The van der Waals surface area contributed by atoms with E-state index in [1.165, 1.54) is 0 Å². The van der Waals surface area contributed by atoms with Gasteiger partial charge in [0.1, 0.15) is 0 Å². The summed E-state index contributed by atoms with van der Waals surface area (Å²) in [6, 6.07) is 13.1. The van der Waals surface area contributed by atoms with Gasteiger partial charge in [0.25, 0.3) is 5.91 Å². The van der Waals surface area contributed by atoms with Crippen LogP contribution in [-0.2, 0) is 0 Å². The van der Waals surface area contributed by atoms with Gasteiger partial charge in [0.15, 0.2) is 11.5 Å². The van der Waals surface area contributed by atoms with E-state index in [1.54, 1.807) is 18.2 Å². The van der Waals surface area contributed by atoms with Gasteiger partial charge in [-0.2, -0.15) is 5.21 Å². The van der Waals surface area contributed by atoms with Gasteiger partial charge in [-0.25, -0.2) is 0 Å². The van der Waals surface area contributed by atoms with Crippen LogP contribution in [0.3, 0.4) is 0 Å². The average Bonchev–Trinajstić information content (AvgIpc) is 3.02. The number of rotatable bonds is 4. The molecule has 0 saturated heterocycles. The number of hydrogen-bond donors (Lipinski definition) is 3. The minimum absolute atomic E-state index is 0.176. The van der Waals surface area contributed by atoms with E-state index in [4.69, 9.17) is 11.6 Å². The monoisotopic (exact) mass is 341 g/mol. The lowest BCUT2D eigenvalue weighted by Crippen LogP contribution is -2.15. The molecule has 0 aliphatic rings. The third kappa shape index (κ3) is 3.38. The Balaban J connectivity index is 1.80. The molecule has 0 unspecified atom stereocenters. The lowest BCUT2D eigenvalue weighted by molar-refractivity contribution is 0.102. The Bertz CT molecular complexity index is 873. The van der Waals surface area contributed by atoms with E-state index < -0.39 is 0 Å². The number of nitrogens with zero attached hydrogens (tertiary/aromatic N) is 2. The number of carbonyl (C=O) groups excluding carboxylic acids is 1. The SMILES string of the molecule is Cc1ccc(Nc2n[nH]nc2C(=O)Nc2cccc(Cl)c2C)cc1. The molecule has 0 radical (unpaired) electrons. The fourth-order valence-corrected chi connectivity index (χ4v) is 2.35. The van der Waals surface area contributed by atoms with Crippen molar-refractivity contribution in [2.24, 2.45) is 0 Å². The summed E-state index contributed by atoms with van der Waals surface area (Å²) in [6.45, 7) is 3.85. The van der Waals surface area contributed by atoms with Gasteiger partial charge in [0.05, 0.1) is 0 Å². The van der Waals surface area contributed by atoms with Crippen molar-refractivity contribution in [3.63, 3.8) is 0 Å². The number of aromatic nitrogens is 3. The molecule has 1 amide bonds. The molecule has 3 aromatic rings. The molecule has 0 atom stereocenters. The number of carbonyl (C=O) groups is 1. The maximum atomic E-state index is 12.5. The van der Waals surface area contributed by atoms with E-state index in [0.29, 0.717) is 16.5 Å². The lowest BCUT2D eigenvalue weighted by Gasteiger charge is -2.09. The smallest absolute Gasteiger partial charge is 0.280 e. The quantitative estimate of drug-likeness (QED) is 0.668. The molecule has 1 heterocycles. The summed E-state index contributed by atoms with van der Waals surface area (Å²) in [7, 11) is 0. The molecule has 2 aromatic carbocycles. The van der Waals surface area contributed by atoms with E-state index in [-0.39, 0.29) is 11.6 Å². The molecule has 122 valence electrons. The molecule has 24 heavy (non-hydrogen) atoms. The minimum Gasteiger partial charge on any atom is -0.337 e. The first-order valence-electron chi connectivity index (χ1n) is 7.35. The molecule has 0 bridgehead atoms. The molecule has 0 aliphatic heterocycles. The van der Waals surface area contributed by atoms with Crippen LogP contribution in [0.4, 0.5) is 17.2 Å². The molecule has 3 rings (SSSR count). The normalized spacial score (nSPS) is 10.5. The van der Waals surface area contributed by atoms with E-state index in [9.17, 15) is 4.79 Å². The van der Waals surface area contributed by atoms with Crippen LogP contribution in [0.2, 0.25) is 5.02 Å². The van der Waals surface area contributed by atoms with Crippen LogP contribution < -0.4 is 10.6 Å². The second-order valence-electron chi connectivity index (χ2n) is 5.38. The summed E-state index contributed by atoms with van der Waals surface area (Å²) >= 11 is 6.08. The zero-order valence-electron chi connectivity index (χ0n) is 13.2. The van der Waals surface area contributed by atoms with Gasteiger partial charge < -0.3 is 10.6 Å². The lowest BCUT2D eigenvalue weighted by atomic mass is 10.2. The molecule has 0 saturated carbocycles. The average molecular weight is 342 g/mol. The van der Waals surface area contributed by atoms with Crippen molar-refractivity contribution >= 4 is 34.7 Å². The zero-order chi connectivity index (χ0) is 17.1. The number of nitrogens with one attached hydrogen (secondary N) is 3. The maximum Gasteiger partial charge on any atom is 0.280 e. The van der Waals surface area contributed by atoms with Gasteiger partial charge in [-0.15, -0.1) is 10.2 Å². The van der Waals surface area contributed by atoms with Crippen molar-refractivity contribution in [1.29, 1.82) is 0 Å². The number of halogens is 1. The van der Waals surface area contributed by atoms with Gasteiger partial charge >= 0.3 is 0 Å². The van der Waals surface area contributed by atoms with Crippen LogP contribution in [0.25, 0.3) is 0 Å². The molecule has 3 N–H and O–H groups in total. The number of aromatic amines is 1. The summed E-state index contributed by atoms with van der Waals surface area (Å²) in [5, 5.41) is 16.9. The zero-order valence-corrected chi connectivity index (χ0v) is 14.0. The number of benzene rings is 2. The van der Waals surface area contributed by atoms with Gasteiger partial charge in [0.2, 0.25) is 0 Å². The van der Waals surface area contributed by atoms with Crippen molar-refractivity contribution in [3.05, 3.63) is 64.3 Å². The van der Waals surface area contributed by atoms with Crippen LogP contribution in [0.15, 0.2) is 42.5 Å². The predicted octanol–water partition coefficient (Wildman–Crippen LogP) is 4.07. The fourth-order valence-electron chi connectivity index (χ4n) is 2.17. The second kappa shape index (κ2) is 6.72. The fraction of sp³-hybridized carbons (Fsp3) is 0.118. The first-order valence-corrected chi connectivity index (χ1v) is 7.73. The molecule has 0 spiro atoms. The Hall–Kier alpha value is -2.86. The number of anilines is 3. The summed E-state index contributed by atoms with van der Waals surface area (Å²) in [5.41, 5.74) is 3.58. The topological polar surface area (TPSA) is 82.7 Å². The highest BCUT2D eigenvalue weighted by atomic mass is 35.5. The molecule has 0 fully saturated rings. The van der Waals surface area contributed by atoms with Gasteiger partial charge in [-0.1, -0.05) is 35.4 Å². The van der Waals surface area contributed by atoms with Crippen LogP contribution in [0.1, 0.15) is 21.6 Å². The van der Waals surface area contributed by atoms with E-state index in [0.717, 1.165) is 16.8 Å². The molecule has 7 heteroatoms. The highest BCUT2D eigenvalue weighted by molar-refractivity contribution is 6.31. The molecular weight excluding hydrogens is 326 g/mol. The van der Waals surface area contributed by atoms with Crippen LogP contribution in [0.5, 0.6) is 0 Å². The largest absolute Gasteiger partial charge is 0.337 e. The highest BCUT2D eigenvalue weighted by Crippen LogP contribution is 2.24. The Labute approximate surface area is 144 Å². The van der Waals surface area contributed by atoms with Crippen molar-refractivity contribution < 1.29 is 4.79 Å². The summed E-state index contributed by atoms with van der Waals surface area (Å²) in [5.74, 6) is -0.0141. The van der Waals surface area contributed by atoms with E-state index in [2.05, 4.69) is 26.0 Å². The van der Waals surface area contributed by atoms with Crippen molar-refractivity contribution in [1.82, 2.24) is 15.4 Å². The number of amides is 1. The van der Waals surface area contributed by atoms with Gasteiger partial charge in [-0.05, 0) is 43.7 Å². The summed E-state index contributed by atoms with van der Waals surface area (Å²) < 4.78 is 0. The third-order valence-electron chi connectivity index (χ3n) is 3.59. The summed E-state index contributed by atoms with van der Waals surface area (Å²) in [6.07, 6.45) is 0. The van der Waals surface area contributed by atoms with Crippen LogP contribution >= 0.6 is 11.6 Å². The highest BCUT2D eigenvalue weighted by Gasteiger charge is 2.18. The van der Waals surface area contributed by atoms with Crippen LogP contribution in [-0.4, -0.2) is 21.3 Å². The summed E-state index contributed by atoms with van der Waals surface area (Å²) in [4.78, 5) is 12.5. The molecule has 1 aromatic heterocycles. The second-order valence-corrected chi connectivity index (χ2v) is 5.79. The predicted molar refractivity (Wildman–Crippen MR) is 95.0 cm³/mol. The number of hydrogen-bond acceptors (Lipinski definition) is 4. The Morgan fingerprint density at radius 3 is 2.58 bits per heavy atom. The molecule has 0 aliphatic carbocycles. The molecular formula is C17H16ClN5O. The van der Waals surface area contributed by atoms with E-state index >= 15 is 0 Å². The van der Waals surface area contributed by atoms with Crippen LogP contribution in [0, 0.1) is 13.8 Å². The van der Waals surface area contributed by atoms with Gasteiger partial charge in [0, 0.05) is 16.4 Å². The third-order valence-corrected chi connectivity index (χ3v) is 4.00. The van der Waals surface area contributed by atoms with Gasteiger partial charge in [-0.3, -0.25) is 4.79 Å². The number of H-pyrrole nitrogens is 1. The minimum atomic E-state index is -0.372. The molecule has 6 nitrogen and oxygen atoms in total. The van der Waals surface area contributed by atoms with E-state index in [1.807, 2.05) is 38.1 Å². The van der Waals surface area contributed by atoms with Crippen molar-refractivity contribution in [2.75, 3.05) is 10.6 Å². The van der Waals surface area contributed by atoms with Crippen molar-refractivity contribution in [2.45, 2.75) is 13.8 Å². The first kappa shape index (κ1) is 16.0. The standard InChI is InChI=1S/C17H16ClN5O/c1-10-6-8-12(9-7-10)19-16-15(21-23-22-16)17(24)20-14-5-3-4-13(18)11(14)2/h3-9H,1-2H3,(H,20,24)(H2,19,21,22,23). The Morgan fingerprint density at radius 2 is 1.83 bits per heavy atom. The maximum absolute atomic E-state index is 12.5. The number of aryl methyl sites for hydroxylation is 1. The Kier molecular flexibility index (Phi) is 4.48. The first-order chi connectivity index (χ1) is 11.5. The Morgan fingerprint density at radius 1 is 1.08 bits per heavy atom. The van der Waals surface area contributed by atoms with Crippen molar-refractivity contribution in [3.8, 4) is 0 Å².